The molecule has 12 heavy (non-hydrogen) atoms. The monoisotopic (exact) mass is 166 g/mol. The molecule has 1 N–H and O–H groups in total. The summed E-state index contributed by atoms with van der Waals surface area (Å²) in [7, 11) is 0. The first-order valence-corrected chi connectivity index (χ1v) is 3.16. The van der Waals surface area contributed by atoms with Crippen molar-refractivity contribution in [1.29, 1.82) is 0 Å². The lowest BCUT2D eigenvalue weighted by atomic mass is 10.2. The summed E-state index contributed by atoms with van der Waals surface area (Å²) in [6.45, 7) is 0.251. The molecule has 0 fully saturated rings. The number of phenols is 1. The molecule has 1 rings (SSSR count). The Morgan fingerprint density at radius 3 is 2.67 bits per heavy atom. The molecule has 0 amide bonds. The first-order chi connectivity index (χ1) is 5.77. The van der Waals surface area contributed by atoms with Gasteiger partial charge >= 0.3 is 0 Å². The molecule has 0 spiro atoms. The van der Waals surface area contributed by atoms with Crippen LogP contribution in [0, 0.1) is 0 Å². The van der Waals surface area contributed by atoms with Gasteiger partial charge in [0.2, 0.25) is 0 Å². The third kappa shape index (κ3) is 1.60. The Balaban J connectivity index is 3.04. The Morgan fingerprint density at radius 2 is 2.08 bits per heavy atom. The van der Waals surface area contributed by atoms with E-state index in [2.05, 4.69) is 4.74 Å². The number of hydrogen-bond acceptors (Lipinski definition) is 4. The normalized spacial score (nSPS) is 9.00. The highest BCUT2D eigenvalue weighted by Gasteiger charge is 2.01. The molecule has 0 saturated carbocycles. The van der Waals surface area contributed by atoms with Gasteiger partial charge < -0.3 is 9.84 Å². The molecule has 0 saturated heterocycles. The minimum absolute atomic E-state index is 0.0920. The number of carbonyl (C=O) groups excluding carboxylic acids is 2. The van der Waals surface area contributed by atoms with Gasteiger partial charge in [0.25, 0.3) is 6.47 Å². The topological polar surface area (TPSA) is 63.6 Å². The van der Waals surface area contributed by atoms with E-state index in [4.69, 9.17) is 5.11 Å². The van der Waals surface area contributed by atoms with Crippen LogP contribution in [-0.2, 0) is 4.79 Å². The fraction of sp³-hybridized carbons (Fsp3) is 0. The molecule has 4 nitrogen and oxygen atoms in total. The van der Waals surface area contributed by atoms with Gasteiger partial charge in [0.1, 0.15) is 11.5 Å². The van der Waals surface area contributed by atoms with Crippen LogP contribution in [0.5, 0.6) is 11.5 Å². The highest BCUT2D eigenvalue weighted by molar-refractivity contribution is 5.80. The van der Waals surface area contributed by atoms with Crippen molar-refractivity contribution in [2.24, 2.45) is 0 Å². The van der Waals surface area contributed by atoms with Gasteiger partial charge in [-0.2, -0.15) is 0 Å². The number of phenolic OH excluding ortho intramolecular Hbond substituents is 1. The van der Waals surface area contributed by atoms with Gasteiger partial charge in [0.15, 0.2) is 6.29 Å². The zero-order valence-corrected chi connectivity index (χ0v) is 6.06. The van der Waals surface area contributed by atoms with Crippen LogP contribution in [0.2, 0.25) is 0 Å². The highest BCUT2D eigenvalue weighted by atomic mass is 16.5. The average Bonchev–Trinajstić information content (AvgIpc) is 2.09. The molecule has 62 valence electrons. The van der Waals surface area contributed by atoms with Crippen molar-refractivity contribution in [3.05, 3.63) is 23.8 Å². The van der Waals surface area contributed by atoms with Gasteiger partial charge in [-0.25, -0.2) is 0 Å². The first kappa shape index (κ1) is 8.26. The largest absolute Gasteiger partial charge is 0.507 e. The number of ether oxygens (including phenoxy) is 1. The van der Waals surface area contributed by atoms with E-state index in [1.807, 2.05) is 0 Å². The van der Waals surface area contributed by atoms with Gasteiger partial charge in [-0.15, -0.1) is 0 Å². The number of hydrogen-bond donors (Lipinski definition) is 1. The third-order valence-corrected chi connectivity index (χ3v) is 1.31. The van der Waals surface area contributed by atoms with Crippen molar-refractivity contribution in [2.45, 2.75) is 0 Å². The Bertz CT molecular complexity index is 306. The van der Waals surface area contributed by atoms with Gasteiger partial charge in [0.05, 0.1) is 5.56 Å². The van der Waals surface area contributed by atoms with E-state index in [1.165, 1.54) is 18.2 Å². The van der Waals surface area contributed by atoms with Crippen molar-refractivity contribution >= 4 is 12.8 Å². The second-order valence-electron chi connectivity index (χ2n) is 2.05. The second kappa shape index (κ2) is 3.52. The van der Waals surface area contributed by atoms with Crippen LogP contribution in [0.25, 0.3) is 0 Å². The maximum atomic E-state index is 10.3. The third-order valence-electron chi connectivity index (χ3n) is 1.31. The quantitative estimate of drug-likeness (QED) is 0.672. The molecule has 0 atom stereocenters. The molecule has 0 aliphatic rings. The fourth-order valence-corrected chi connectivity index (χ4v) is 0.756. The molecule has 1 aromatic carbocycles. The lowest BCUT2D eigenvalue weighted by Crippen LogP contribution is -1.89. The zero-order valence-electron chi connectivity index (χ0n) is 6.06. The first-order valence-electron chi connectivity index (χ1n) is 3.16. The molecule has 0 unspecified atom stereocenters. The Labute approximate surface area is 68.4 Å². The summed E-state index contributed by atoms with van der Waals surface area (Å²) in [5, 5.41) is 9.03. The molecule has 1 aromatic rings. The van der Waals surface area contributed by atoms with Crippen LogP contribution in [-0.4, -0.2) is 17.9 Å². The van der Waals surface area contributed by atoms with Gasteiger partial charge in [-0.3, -0.25) is 9.59 Å². The summed E-state index contributed by atoms with van der Waals surface area (Å²) in [5.74, 6) is 0.0909. The van der Waals surface area contributed by atoms with Crippen molar-refractivity contribution < 1.29 is 19.4 Å². The van der Waals surface area contributed by atoms with E-state index in [9.17, 15) is 9.59 Å². The van der Waals surface area contributed by atoms with Gasteiger partial charge in [0, 0.05) is 0 Å². The van der Waals surface area contributed by atoms with Crippen LogP contribution in [0.4, 0.5) is 0 Å². The molecule has 0 bridgehead atoms. The second-order valence-corrected chi connectivity index (χ2v) is 2.05. The summed E-state index contributed by atoms with van der Waals surface area (Å²) in [6.07, 6.45) is 0.479. The molecule has 0 radical (unpaired) electrons. The van der Waals surface area contributed by atoms with Gasteiger partial charge in [-0.1, -0.05) is 0 Å². The van der Waals surface area contributed by atoms with Crippen molar-refractivity contribution in [3.63, 3.8) is 0 Å². The minimum Gasteiger partial charge on any atom is -0.507 e. The van der Waals surface area contributed by atoms with Gasteiger partial charge in [-0.05, 0) is 18.2 Å². The average molecular weight is 166 g/mol. The van der Waals surface area contributed by atoms with E-state index >= 15 is 0 Å². The molecule has 0 aliphatic heterocycles. The van der Waals surface area contributed by atoms with Crippen molar-refractivity contribution in [3.8, 4) is 11.5 Å². The minimum atomic E-state index is -0.136. The highest BCUT2D eigenvalue weighted by Crippen LogP contribution is 2.20. The van der Waals surface area contributed by atoms with Crippen LogP contribution >= 0.6 is 0 Å². The van der Waals surface area contributed by atoms with Crippen LogP contribution in [0.15, 0.2) is 18.2 Å². The number of aldehydes is 1. The summed E-state index contributed by atoms with van der Waals surface area (Å²) < 4.78 is 4.45. The summed E-state index contributed by atoms with van der Waals surface area (Å²) in [4.78, 5) is 20.2. The van der Waals surface area contributed by atoms with Crippen molar-refractivity contribution in [2.75, 3.05) is 0 Å². The van der Waals surface area contributed by atoms with E-state index < -0.39 is 0 Å². The Hall–Kier alpha value is -1.84. The van der Waals surface area contributed by atoms with E-state index in [0.717, 1.165) is 0 Å². The smallest absolute Gasteiger partial charge is 0.298 e. The Morgan fingerprint density at radius 1 is 1.33 bits per heavy atom. The lowest BCUT2D eigenvalue weighted by Gasteiger charge is -1.99. The van der Waals surface area contributed by atoms with Crippen LogP contribution in [0.3, 0.4) is 0 Å². The lowest BCUT2D eigenvalue weighted by molar-refractivity contribution is -0.120. The van der Waals surface area contributed by atoms with E-state index in [0.29, 0.717) is 6.29 Å². The molecular weight excluding hydrogens is 160 g/mol. The standard InChI is InChI=1S/C8H6O4/c9-4-6-3-7(12-5-10)1-2-8(6)11/h1-5,11H. The Kier molecular flexibility index (Phi) is 2.42. The molecular formula is C8H6O4. The predicted octanol–water partition coefficient (Wildman–Crippen LogP) is 0.740. The molecule has 0 aliphatic carbocycles. The van der Waals surface area contributed by atoms with E-state index in [-0.39, 0.29) is 23.5 Å². The molecule has 0 aromatic heterocycles. The number of benzene rings is 1. The van der Waals surface area contributed by atoms with Crippen LogP contribution in [0.1, 0.15) is 10.4 Å². The maximum absolute atomic E-state index is 10.3. The predicted molar refractivity (Wildman–Crippen MR) is 40.2 cm³/mol. The van der Waals surface area contributed by atoms with Crippen molar-refractivity contribution in [1.82, 2.24) is 0 Å². The summed E-state index contributed by atoms with van der Waals surface area (Å²) in [5.41, 5.74) is 0.0920. The van der Waals surface area contributed by atoms with E-state index in [1.54, 1.807) is 0 Å². The SMILES string of the molecule is O=COc1ccc(O)c(C=O)c1. The zero-order chi connectivity index (χ0) is 8.97. The molecule has 4 heteroatoms. The van der Waals surface area contributed by atoms with Crippen LogP contribution < -0.4 is 4.74 Å². The number of carbonyl (C=O) groups is 2. The summed E-state index contributed by atoms with van der Waals surface area (Å²) >= 11 is 0. The number of rotatable bonds is 3. The summed E-state index contributed by atoms with van der Waals surface area (Å²) in [6, 6.07) is 3.94. The fourth-order valence-electron chi connectivity index (χ4n) is 0.756. The maximum Gasteiger partial charge on any atom is 0.298 e. The molecule has 0 heterocycles. The number of aromatic hydroxyl groups is 1.